The fourth-order valence-electron chi connectivity index (χ4n) is 0.904. The van der Waals surface area contributed by atoms with Crippen molar-refractivity contribution in [1.29, 1.82) is 0 Å². The van der Waals surface area contributed by atoms with E-state index in [1.165, 1.54) is 12.1 Å². The van der Waals surface area contributed by atoms with Crippen molar-refractivity contribution in [3.63, 3.8) is 0 Å². The minimum atomic E-state index is -0.192. The van der Waals surface area contributed by atoms with Crippen LogP contribution in [0.2, 0.25) is 0 Å². The molecule has 0 saturated carbocycles. The summed E-state index contributed by atoms with van der Waals surface area (Å²) in [5, 5.41) is 0. The number of thiol groups is 1. The van der Waals surface area contributed by atoms with Crippen LogP contribution < -0.4 is 0 Å². The topological polar surface area (TPSA) is 0 Å². The van der Waals surface area contributed by atoms with Crippen molar-refractivity contribution in [2.45, 2.75) is 6.42 Å². The van der Waals surface area contributed by atoms with Gasteiger partial charge in [0.2, 0.25) is 0 Å². The predicted octanol–water partition coefficient (Wildman–Crippen LogP) is 3.16. The van der Waals surface area contributed by atoms with Crippen molar-refractivity contribution < 1.29 is 4.39 Å². The third-order valence-corrected chi connectivity index (χ3v) is 1.71. The lowest BCUT2D eigenvalue weighted by Gasteiger charge is -1.92. The first-order valence-corrected chi connectivity index (χ1v) is 4.49. The van der Waals surface area contributed by atoms with E-state index in [1.54, 1.807) is 6.07 Å². The zero-order valence-corrected chi connectivity index (χ0v) is 7.60. The molecule has 1 aromatic rings. The first-order valence-electron chi connectivity index (χ1n) is 3.86. The summed E-state index contributed by atoms with van der Waals surface area (Å²) in [6, 6.07) is 6.53. The van der Waals surface area contributed by atoms with Gasteiger partial charge in [0, 0.05) is 0 Å². The van der Waals surface area contributed by atoms with Crippen molar-refractivity contribution in [2.75, 3.05) is 5.75 Å². The van der Waals surface area contributed by atoms with Crippen molar-refractivity contribution >= 4 is 18.7 Å². The van der Waals surface area contributed by atoms with Gasteiger partial charge in [0.15, 0.2) is 0 Å². The van der Waals surface area contributed by atoms with Gasteiger partial charge in [-0.2, -0.15) is 12.6 Å². The smallest absolute Gasteiger partial charge is 0.123 e. The monoisotopic (exact) mass is 182 g/mol. The molecular weight excluding hydrogens is 171 g/mol. The quantitative estimate of drug-likeness (QED) is 0.682. The van der Waals surface area contributed by atoms with Gasteiger partial charge >= 0.3 is 0 Å². The Labute approximate surface area is 77.5 Å². The molecule has 0 aromatic heterocycles. The van der Waals surface area contributed by atoms with Crippen LogP contribution in [0.3, 0.4) is 0 Å². The van der Waals surface area contributed by atoms with Crippen LogP contribution in [0.5, 0.6) is 0 Å². The van der Waals surface area contributed by atoms with Crippen LogP contribution in [0.1, 0.15) is 12.0 Å². The van der Waals surface area contributed by atoms with E-state index in [-0.39, 0.29) is 5.82 Å². The van der Waals surface area contributed by atoms with Gasteiger partial charge in [0.1, 0.15) is 5.82 Å². The van der Waals surface area contributed by atoms with Gasteiger partial charge in [0.25, 0.3) is 0 Å². The fraction of sp³-hybridized carbons (Fsp3) is 0.200. The maximum Gasteiger partial charge on any atom is 0.123 e. The highest BCUT2D eigenvalue weighted by molar-refractivity contribution is 7.80. The van der Waals surface area contributed by atoms with Gasteiger partial charge in [-0.25, -0.2) is 4.39 Å². The third-order valence-electron chi connectivity index (χ3n) is 1.45. The molecule has 0 spiro atoms. The van der Waals surface area contributed by atoms with E-state index in [4.69, 9.17) is 0 Å². The summed E-state index contributed by atoms with van der Waals surface area (Å²) in [4.78, 5) is 0. The number of hydrogen-bond donors (Lipinski definition) is 1. The van der Waals surface area contributed by atoms with Crippen LogP contribution in [0.15, 0.2) is 30.3 Å². The molecule has 0 radical (unpaired) electrons. The van der Waals surface area contributed by atoms with Crippen molar-refractivity contribution in [3.8, 4) is 0 Å². The number of allylic oxidation sites excluding steroid dienone is 1. The molecule has 0 nitrogen and oxygen atoms in total. The van der Waals surface area contributed by atoms with Gasteiger partial charge in [-0.1, -0.05) is 24.3 Å². The van der Waals surface area contributed by atoms with Crippen LogP contribution in [-0.4, -0.2) is 5.75 Å². The molecule has 0 N–H and O–H groups in total. The highest BCUT2D eigenvalue weighted by Gasteiger charge is 1.88. The highest BCUT2D eigenvalue weighted by Crippen LogP contribution is 2.05. The average Bonchev–Trinajstić information content (AvgIpc) is 2.05. The fourth-order valence-corrected chi connectivity index (χ4v) is 1.05. The average molecular weight is 182 g/mol. The summed E-state index contributed by atoms with van der Waals surface area (Å²) in [5.74, 6) is 0.634. The van der Waals surface area contributed by atoms with Gasteiger partial charge < -0.3 is 0 Å². The Morgan fingerprint density at radius 1 is 1.42 bits per heavy atom. The number of benzene rings is 1. The van der Waals surface area contributed by atoms with Gasteiger partial charge in [-0.3, -0.25) is 0 Å². The second kappa shape index (κ2) is 4.99. The zero-order valence-electron chi connectivity index (χ0n) is 6.70. The molecule has 0 heterocycles. The van der Waals surface area contributed by atoms with Crippen LogP contribution >= 0.6 is 12.6 Å². The molecule has 2 heteroatoms. The molecule has 64 valence electrons. The summed E-state index contributed by atoms with van der Waals surface area (Å²) in [6.45, 7) is 0. The van der Waals surface area contributed by atoms with E-state index in [0.717, 1.165) is 17.7 Å². The minimum Gasteiger partial charge on any atom is -0.207 e. The van der Waals surface area contributed by atoms with Gasteiger partial charge in [-0.05, 0) is 29.9 Å². The molecule has 0 atom stereocenters. The van der Waals surface area contributed by atoms with Gasteiger partial charge in [0.05, 0.1) is 0 Å². The lowest BCUT2D eigenvalue weighted by atomic mass is 10.2. The second-order valence-electron chi connectivity index (χ2n) is 2.47. The molecule has 0 aliphatic carbocycles. The predicted molar refractivity (Wildman–Crippen MR) is 53.9 cm³/mol. The molecule has 0 bridgehead atoms. The first kappa shape index (κ1) is 9.33. The summed E-state index contributed by atoms with van der Waals surface area (Å²) in [5.41, 5.74) is 0.900. The van der Waals surface area contributed by atoms with E-state index < -0.39 is 0 Å². The second-order valence-corrected chi connectivity index (χ2v) is 2.92. The molecule has 0 unspecified atom stereocenters. The number of hydrogen-bond acceptors (Lipinski definition) is 1. The molecule has 0 fully saturated rings. The van der Waals surface area contributed by atoms with Crippen molar-refractivity contribution in [1.82, 2.24) is 0 Å². The Bertz CT molecular complexity index is 268. The minimum absolute atomic E-state index is 0.192. The van der Waals surface area contributed by atoms with Crippen LogP contribution in [0.4, 0.5) is 4.39 Å². The maximum absolute atomic E-state index is 12.6. The molecular formula is C10H11FS. The Morgan fingerprint density at radius 3 is 2.92 bits per heavy atom. The van der Waals surface area contributed by atoms with Crippen LogP contribution in [0.25, 0.3) is 6.08 Å². The van der Waals surface area contributed by atoms with Crippen LogP contribution in [0, 0.1) is 5.82 Å². The Hall–Kier alpha value is -0.760. The molecule has 12 heavy (non-hydrogen) atoms. The summed E-state index contributed by atoms with van der Waals surface area (Å²) in [6.07, 6.45) is 4.81. The van der Waals surface area contributed by atoms with E-state index >= 15 is 0 Å². The number of rotatable bonds is 3. The molecule has 1 rings (SSSR count). The Morgan fingerprint density at radius 2 is 2.25 bits per heavy atom. The zero-order chi connectivity index (χ0) is 8.81. The molecule has 0 amide bonds. The maximum atomic E-state index is 12.6. The van der Waals surface area contributed by atoms with E-state index in [9.17, 15) is 4.39 Å². The lowest BCUT2D eigenvalue weighted by molar-refractivity contribution is 0.627. The Kier molecular flexibility index (Phi) is 3.88. The van der Waals surface area contributed by atoms with E-state index in [0.29, 0.717) is 0 Å². The summed E-state index contributed by atoms with van der Waals surface area (Å²) in [7, 11) is 0. The highest BCUT2D eigenvalue weighted by atomic mass is 32.1. The summed E-state index contributed by atoms with van der Waals surface area (Å²) < 4.78 is 12.6. The Balaban J connectivity index is 2.63. The third kappa shape index (κ3) is 3.09. The molecule has 0 aliphatic rings. The molecule has 0 saturated heterocycles. The molecule has 1 aromatic carbocycles. The summed E-state index contributed by atoms with van der Waals surface area (Å²) >= 11 is 4.06. The van der Waals surface area contributed by atoms with Crippen molar-refractivity contribution in [3.05, 3.63) is 41.7 Å². The van der Waals surface area contributed by atoms with E-state index in [2.05, 4.69) is 12.6 Å². The largest absolute Gasteiger partial charge is 0.207 e. The van der Waals surface area contributed by atoms with E-state index in [1.807, 2.05) is 18.2 Å². The van der Waals surface area contributed by atoms with Crippen LogP contribution in [-0.2, 0) is 0 Å². The lowest BCUT2D eigenvalue weighted by Crippen LogP contribution is -1.75. The standard InChI is InChI=1S/C10H11FS/c11-10-6-3-5-9(8-10)4-1-2-7-12/h1,3-6,8,12H,2,7H2. The number of halogens is 1. The van der Waals surface area contributed by atoms with Gasteiger partial charge in [-0.15, -0.1) is 0 Å². The first-order chi connectivity index (χ1) is 5.83. The van der Waals surface area contributed by atoms with Crippen molar-refractivity contribution in [2.24, 2.45) is 0 Å². The molecule has 0 aliphatic heterocycles. The SMILES string of the molecule is Fc1cccc(C=CCCS)c1. The normalized spacial score (nSPS) is 10.8.